The molecule has 1 saturated heterocycles. The molecule has 2 N–H and O–H groups in total. The molecule has 0 bridgehead atoms. The van der Waals surface area contributed by atoms with Crippen LogP contribution in [0.3, 0.4) is 0 Å². The molecule has 1 atom stereocenters. The second-order valence-corrected chi connectivity index (χ2v) is 8.63. The summed E-state index contributed by atoms with van der Waals surface area (Å²) in [6, 6.07) is 12.0. The fourth-order valence-corrected chi connectivity index (χ4v) is 3.35. The third-order valence-electron chi connectivity index (χ3n) is 5.27. The molecule has 1 fully saturated rings. The average Bonchev–Trinajstić information content (AvgIpc) is 2.91. The van der Waals surface area contributed by atoms with E-state index in [9.17, 15) is 24.5 Å². The normalized spacial score (nSPS) is 18.6. The number of benzene rings is 2. The Morgan fingerprint density at radius 1 is 1.10 bits per heavy atom. The van der Waals surface area contributed by atoms with E-state index in [1.165, 1.54) is 31.2 Å². The van der Waals surface area contributed by atoms with Gasteiger partial charge in [-0.15, -0.1) is 0 Å². The number of carbonyl (C=O) groups excluding carboxylic acids is 3. The minimum absolute atomic E-state index is 0.0229. The molecular formula is C22H24N4O5. The largest absolute Gasteiger partial charge is 0.325 e. The Morgan fingerprint density at radius 3 is 2.19 bits per heavy atom. The summed E-state index contributed by atoms with van der Waals surface area (Å²) >= 11 is 0. The Morgan fingerprint density at radius 2 is 1.68 bits per heavy atom. The lowest BCUT2D eigenvalue weighted by atomic mass is 9.87. The molecule has 9 heteroatoms. The second-order valence-electron chi connectivity index (χ2n) is 8.63. The van der Waals surface area contributed by atoms with Crippen molar-refractivity contribution >= 4 is 29.2 Å². The van der Waals surface area contributed by atoms with Crippen LogP contribution in [0.15, 0.2) is 48.5 Å². The minimum Gasteiger partial charge on any atom is -0.325 e. The molecule has 1 aliphatic rings. The van der Waals surface area contributed by atoms with Crippen molar-refractivity contribution in [3.8, 4) is 0 Å². The first kappa shape index (κ1) is 21.9. The van der Waals surface area contributed by atoms with Gasteiger partial charge in [-0.2, -0.15) is 0 Å². The third kappa shape index (κ3) is 4.40. The van der Waals surface area contributed by atoms with Crippen LogP contribution in [0.1, 0.15) is 38.8 Å². The number of nitrogens with zero attached hydrogens (tertiary/aromatic N) is 2. The van der Waals surface area contributed by atoms with Gasteiger partial charge >= 0.3 is 6.03 Å². The van der Waals surface area contributed by atoms with Crippen LogP contribution >= 0.6 is 0 Å². The van der Waals surface area contributed by atoms with Crippen LogP contribution in [0.5, 0.6) is 0 Å². The summed E-state index contributed by atoms with van der Waals surface area (Å²) in [7, 11) is 0. The van der Waals surface area contributed by atoms with Gasteiger partial charge in [-0.3, -0.25) is 24.6 Å². The van der Waals surface area contributed by atoms with Gasteiger partial charge in [0.15, 0.2) is 0 Å². The lowest BCUT2D eigenvalue weighted by Gasteiger charge is -2.22. The van der Waals surface area contributed by atoms with E-state index in [1.807, 2.05) is 12.1 Å². The number of amides is 4. The van der Waals surface area contributed by atoms with Gasteiger partial charge in [0.1, 0.15) is 12.1 Å². The fraction of sp³-hybridized carbons (Fsp3) is 0.318. The van der Waals surface area contributed by atoms with Gasteiger partial charge in [-0.1, -0.05) is 32.9 Å². The topological polar surface area (TPSA) is 122 Å². The van der Waals surface area contributed by atoms with E-state index in [4.69, 9.17) is 0 Å². The monoisotopic (exact) mass is 424 g/mol. The molecule has 0 aromatic heterocycles. The van der Waals surface area contributed by atoms with Crippen LogP contribution in [0.2, 0.25) is 0 Å². The summed E-state index contributed by atoms with van der Waals surface area (Å²) in [6.07, 6.45) is 0. The molecule has 162 valence electrons. The highest BCUT2D eigenvalue weighted by Gasteiger charge is 2.49. The Kier molecular flexibility index (Phi) is 5.54. The predicted octanol–water partition coefficient (Wildman–Crippen LogP) is 3.30. The van der Waals surface area contributed by atoms with E-state index >= 15 is 0 Å². The van der Waals surface area contributed by atoms with Crippen molar-refractivity contribution in [3.05, 3.63) is 69.8 Å². The van der Waals surface area contributed by atoms with E-state index < -0.39 is 34.9 Å². The molecule has 2 aromatic carbocycles. The number of non-ortho nitro benzene ring substituents is 1. The highest BCUT2D eigenvalue weighted by molar-refractivity contribution is 6.10. The predicted molar refractivity (Wildman–Crippen MR) is 114 cm³/mol. The van der Waals surface area contributed by atoms with E-state index in [2.05, 4.69) is 31.4 Å². The van der Waals surface area contributed by atoms with Crippen molar-refractivity contribution < 1.29 is 19.3 Å². The van der Waals surface area contributed by atoms with Crippen LogP contribution < -0.4 is 10.6 Å². The van der Waals surface area contributed by atoms with Gasteiger partial charge in [0, 0.05) is 17.8 Å². The zero-order valence-electron chi connectivity index (χ0n) is 17.8. The molecule has 1 aliphatic heterocycles. The van der Waals surface area contributed by atoms with Crippen molar-refractivity contribution in [2.45, 2.75) is 38.6 Å². The molecule has 0 saturated carbocycles. The van der Waals surface area contributed by atoms with Gasteiger partial charge in [0.2, 0.25) is 5.91 Å². The molecule has 0 aliphatic carbocycles. The Balaban J connectivity index is 1.70. The zero-order chi connectivity index (χ0) is 23.0. The highest BCUT2D eigenvalue weighted by atomic mass is 16.6. The first-order valence-corrected chi connectivity index (χ1v) is 9.71. The summed E-state index contributed by atoms with van der Waals surface area (Å²) in [5, 5.41) is 16.1. The van der Waals surface area contributed by atoms with Crippen LogP contribution in [-0.2, 0) is 20.5 Å². The number of imide groups is 1. The first-order chi connectivity index (χ1) is 14.4. The zero-order valence-corrected chi connectivity index (χ0v) is 17.8. The van der Waals surface area contributed by atoms with E-state index in [0.29, 0.717) is 11.3 Å². The molecule has 2 aromatic rings. The van der Waals surface area contributed by atoms with Crippen LogP contribution in [0.4, 0.5) is 16.2 Å². The highest BCUT2D eigenvalue weighted by Crippen LogP contribution is 2.30. The van der Waals surface area contributed by atoms with Crippen molar-refractivity contribution in [3.63, 3.8) is 0 Å². The Bertz CT molecular complexity index is 1040. The van der Waals surface area contributed by atoms with Gasteiger partial charge in [-0.25, -0.2) is 4.79 Å². The lowest BCUT2D eigenvalue weighted by molar-refractivity contribution is -0.384. The first-order valence-electron chi connectivity index (χ1n) is 9.71. The third-order valence-corrected chi connectivity index (χ3v) is 5.27. The number of carbonyl (C=O) groups is 3. The number of nitro benzene ring substituents is 1. The second kappa shape index (κ2) is 7.82. The summed E-state index contributed by atoms with van der Waals surface area (Å²) in [5.74, 6) is -1.12. The number of nitrogens with one attached hydrogen (secondary N) is 2. The smallest absolute Gasteiger partial charge is 0.325 e. The van der Waals surface area contributed by atoms with Crippen molar-refractivity contribution in [1.82, 2.24) is 10.2 Å². The molecule has 31 heavy (non-hydrogen) atoms. The molecule has 0 radical (unpaired) electrons. The summed E-state index contributed by atoms with van der Waals surface area (Å²) in [4.78, 5) is 48.9. The van der Waals surface area contributed by atoms with Crippen molar-refractivity contribution in [1.29, 1.82) is 0 Å². The Labute approximate surface area is 179 Å². The molecule has 1 unspecified atom stereocenters. The van der Waals surface area contributed by atoms with E-state index in [-0.39, 0.29) is 11.1 Å². The van der Waals surface area contributed by atoms with Crippen molar-refractivity contribution in [2.24, 2.45) is 0 Å². The number of rotatable bonds is 5. The molecule has 3 rings (SSSR count). The van der Waals surface area contributed by atoms with Gasteiger partial charge in [0.05, 0.1) is 4.92 Å². The maximum atomic E-state index is 12.9. The van der Waals surface area contributed by atoms with E-state index in [1.54, 1.807) is 12.1 Å². The quantitative estimate of drug-likeness (QED) is 0.433. The SMILES string of the molecule is CC(C)(C)c1ccc(NC(=O)CN2C(=O)NC(C)(c3ccc([N+](=O)[O-])cc3)C2=O)cc1. The number of urea groups is 1. The maximum Gasteiger partial charge on any atom is 0.325 e. The molecule has 1 heterocycles. The number of anilines is 1. The van der Waals surface area contributed by atoms with Gasteiger partial charge < -0.3 is 10.6 Å². The number of hydrogen-bond acceptors (Lipinski definition) is 5. The number of hydrogen-bond donors (Lipinski definition) is 2. The van der Waals surface area contributed by atoms with Gasteiger partial charge in [0.25, 0.3) is 11.6 Å². The van der Waals surface area contributed by atoms with Crippen LogP contribution in [0, 0.1) is 10.1 Å². The van der Waals surface area contributed by atoms with Crippen LogP contribution in [-0.4, -0.2) is 34.2 Å². The summed E-state index contributed by atoms with van der Waals surface area (Å²) < 4.78 is 0. The van der Waals surface area contributed by atoms with E-state index in [0.717, 1.165) is 10.5 Å². The standard InChI is InChI=1S/C22H24N4O5/c1-21(2,3)14-5-9-16(10-6-14)23-18(27)13-25-19(28)22(4,24-20(25)29)15-7-11-17(12-8-15)26(30)31/h5-12H,13H2,1-4H3,(H,23,27)(H,24,29). The summed E-state index contributed by atoms with van der Waals surface area (Å²) in [6.45, 7) is 7.30. The molecular weight excluding hydrogens is 400 g/mol. The number of nitro groups is 1. The Hall–Kier alpha value is -3.75. The molecule has 9 nitrogen and oxygen atoms in total. The molecule has 0 spiro atoms. The lowest BCUT2D eigenvalue weighted by Crippen LogP contribution is -2.42. The fourth-order valence-electron chi connectivity index (χ4n) is 3.35. The minimum atomic E-state index is -1.42. The summed E-state index contributed by atoms with van der Waals surface area (Å²) in [5.41, 5.74) is 0.489. The van der Waals surface area contributed by atoms with Gasteiger partial charge in [-0.05, 0) is 47.7 Å². The maximum absolute atomic E-state index is 12.9. The van der Waals surface area contributed by atoms with Crippen LogP contribution in [0.25, 0.3) is 0 Å². The van der Waals surface area contributed by atoms with Crippen molar-refractivity contribution in [2.75, 3.05) is 11.9 Å². The average molecular weight is 424 g/mol. The molecule has 4 amide bonds.